The molecule has 0 bridgehead atoms. The number of hydrogen-bond acceptors (Lipinski definition) is 15. The lowest BCUT2D eigenvalue weighted by molar-refractivity contribution is -0.161. The first kappa shape index (κ1) is 83.1. The molecule has 85 heavy (non-hydrogen) atoms. The lowest BCUT2D eigenvalue weighted by atomic mass is 9.99. The third-order valence-corrected chi connectivity index (χ3v) is 17.5. The van der Waals surface area contributed by atoms with Crippen molar-refractivity contribution in [2.75, 3.05) is 39.6 Å². The number of aliphatic hydroxyl groups excluding tert-OH is 1. The summed E-state index contributed by atoms with van der Waals surface area (Å²) in [5.41, 5.74) is 0. The largest absolute Gasteiger partial charge is 0.472 e. The standard InChI is InChI=1S/C66H128O17P2/c1-7-10-12-14-16-17-18-19-20-21-22-23-32-38-44-50-65(70)82-62(55-77-64(69)49-43-37-31-27-25-30-35-41-47-59(6)9-3)57-81-85(74,75)79-53-60(67)52-78-84(72,73)80-56-61(54-76-63(68)48-42-36-28-15-13-11-8-2)83-66(71)51-45-39-33-26-24-29-34-40-46-58(4)5/h58-62,67H,7-57H2,1-6H3,(H,72,73)(H,74,75)/t59?,60-,61+,62+/m0/s1. The molecule has 0 heterocycles. The van der Waals surface area contributed by atoms with Crippen molar-refractivity contribution in [1.82, 2.24) is 0 Å². The van der Waals surface area contributed by atoms with Gasteiger partial charge in [0.15, 0.2) is 12.2 Å². The van der Waals surface area contributed by atoms with Gasteiger partial charge in [0.05, 0.1) is 26.4 Å². The maximum absolute atomic E-state index is 13.0. The number of unbranched alkanes of at least 4 members (excludes halogenated alkanes) is 34. The topological polar surface area (TPSA) is 237 Å². The molecule has 0 aliphatic heterocycles. The minimum atomic E-state index is -4.95. The molecule has 0 aromatic carbocycles. The second kappa shape index (κ2) is 58.4. The predicted octanol–water partition coefficient (Wildman–Crippen LogP) is 18.4. The molecule has 0 aromatic rings. The Bertz CT molecular complexity index is 1670. The molecule has 0 saturated carbocycles. The maximum Gasteiger partial charge on any atom is 0.472 e. The zero-order valence-corrected chi connectivity index (χ0v) is 56.7. The summed E-state index contributed by atoms with van der Waals surface area (Å²) in [6, 6.07) is 0. The minimum Gasteiger partial charge on any atom is -0.462 e. The van der Waals surface area contributed by atoms with E-state index in [1.165, 1.54) is 135 Å². The molecule has 3 unspecified atom stereocenters. The third kappa shape index (κ3) is 59.5. The van der Waals surface area contributed by atoms with Gasteiger partial charge in [0, 0.05) is 25.7 Å². The van der Waals surface area contributed by atoms with Gasteiger partial charge >= 0.3 is 39.5 Å². The van der Waals surface area contributed by atoms with E-state index in [0.29, 0.717) is 25.7 Å². The molecule has 0 aliphatic carbocycles. The van der Waals surface area contributed by atoms with Crippen LogP contribution in [-0.2, 0) is 65.4 Å². The summed E-state index contributed by atoms with van der Waals surface area (Å²) in [5.74, 6) is -0.639. The number of ether oxygens (including phenoxy) is 4. The van der Waals surface area contributed by atoms with Crippen LogP contribution in [0.4, 0.5) is 0 Å². The smallest absolute Gasteiger partial charge is 0.462 e. The monoisotopic (exact) mass is 1250 g/mol. The van der Waals surface area contributed by atoms with Crippen LogP contribution >= 0.6 is 15.6 Å². The molecule has 0 fully saturated rings. The zero-order valence-electron chi connectivity index (χ0n) is 54.9. The molecule has 6 atom stereocenters. The Labute approximate surface area is 517 Å². The quantitative estimate of drug-likeness (QED) is 0.0222. The third-order valence-electron chi connectivity index (χ3n) is 15.6. The number of carbonyl (C=O) groups excluding carboxylic acids is 4. The molecule has 0 aliphatic rings. The Kier molecular flexibility index (Phi) is 57.1. The van der Waals surface area contributed by atoms with Gasteiger partial charge in [0.2, 0.25) is 0 Å². The van der Waals surface area contributed by atoms with Gasteiger partial charge in [-0.3, -0.25) is 37.3 Å². The van der Waals surface area contributed by atoms with Crippen molar-refractivity contribution < 1.29 is 80.2 Å². The first-order valence-electron chi connectivity index (χ1n) is 34.5. The van der Waals surface area contributed by atoms with Gasteiger partial charge in [-0.2, -0.15) is 0 Å². The van der Waals surface area contributed by atoms with Crippen molar-refractivity contribution in [2.24, 2.45) is 11.8 Å². The van der Waals surface area contributed by atoms with Gasteiger partial charge in [-0.25, -0.2) is 9.13 Å². The Morgan fingerprint density at radius 2 is 0.600 bits per heavy atom. The van der Waals surface area contributed by atoms with E-state index < -0.39 is 97.5 Å². The molecule has 0 radical (unpaired) electrons. The van der Waals surface area contributed by atoms with E-state index in [1.54, 1.807) is 0 Å². The molecule has 0 amide bonds. The fourth-order valence-electron chi connectivity index (χ4n) is 9.85. The van der Waals surface area contributed by atoms with Crippen molar-refractivity contribution in [3.63, 3.8) is 0 Å². The second-order valence-electron chi connectivity index (χ2n) is 24.6. The fourth-order valence-corrected chi connectivity index (χ4v) is 11.4. The van der Waals surface area contributed by atoms with Gasteiger partial charge in [-0.1, -0.05) is 279 Å². The highest BCUT2D eigenvalue weighted by atomic mass is 31.2. The number of hydrogen-bond donors (Lipinski definition) is 3. The average molecular weight is 1260 g/mol. The van der Waals surface area contributed by atoms with Crippen LogP contribution in [0, 0.1) is 11.8 Å². The van der Waals surface area contributed by atoms with Crippen molar-refractivity contribution >= 4 is 39.5 Å². The second-order valence-corrected chi connectivity index (χ2v) is 27.5. The van der Waals surface area contributed by atoms with E-state index in [0.717, 1.165) is 115 Å². The number of rotatable bonds is 65. The van der Waals surface area contributed by atoms with Gasteiger partial charge in [-0.05, 0) is 37.5 Å². The molecule has 504 valence electrons. The van der Waals surface area contributed by atoms with Gasteiger partial charge in [0.25, 0.3) is 0 Å². The van der Waals surface area contributed by atoms with E-state index in [1.807, 2.05) is 0 Å². The maximum atomic E-state index is 13.0. The number of esters is 4. The van der Waals surface area contributed by atoms with Crippen LogP contribution in [0.5, 0.6) is 0 Å². The minimum absolute atomic E-state index is 0.104. The van der Waals surface area contributed by atoms with Crippen molar-refractivity contribution in [3.8, 4) is 0 Å². The first-order valence-corrected chi connectivity index (χ1v) is 37.5. The summed E-state index contributed by atoms with van der Waals surface area (Å²) in [4.78, 5) is 72.2. The molecular formula is C66H128O17P2. The van der Waals surface area contributed by atoms with Crippen molar-refractivity contribution in [3.05, 3.63) is 0 Å². The summed E-state index contributed by atoms with van der Waals surface area (Å²) < 4.78 is 68.0. The van der Waals surface area contributed by atoms with Crippen LogP contribution in [0.2, 0.25) is 0 Å². The lowest BCUT2D eigenvalue weighted by Crippen LogP contribution is -2.30. The Balaban J connectivity index is 5.22. The number of carbonyl (C=O) groups is 4. The van der Waals surface area contributed by atoms with E-state index >= 15 is 0 Å². The van der Waals surface area contributed by atoms with Crippen LogP contribution in [-0.4, -0.2) is 96.7 Å². The first-order chi connectivity index (χ1) is 40.9. The number of phosphoric ester groups is 2. The molecule has 19 heteroatoms. The normalized spacial score (nSPS) is 14.6. The number of aliphatic hydroxyl groups is 1. The predicted molar refractivity (Wildman–Crippen MR) is 340 cm³/mol. The van der Waals surface area contributed by atoms with Crippen molar-refractivity contribution in [2.45, 2.75) is 349 Å². The average Bonchev–Trinajstić information content (AvgIpc) is 3.53. The summed E-state index contributed by atoms with van der Waals surface area (Å²) in [6.45, 7) is 9.44. The highest BCUT2D eigenvalue weighted by Crippen LogP contribution is 2.45. The SMILES string of the molecule is CCCCCCCCCCCCCCCCCC(=O)O[C@H](COC(=O)CCCCCCCCCCC(C)CC)COP(=O)(O)OC[C@@H](O)COP(=O)(O)OC[C@@H](COC(=O)CCCCCCCCC)OC(=O)CCCCCCCCCCC(C)C. The molecule has 0 saturated heterocycles. The van der Waals surface area contributed by atoms with Gasteiger partial charge in [0.1, 0.15) is 19.3 Å². The van der Waals surface area contributed by atoms with Crippen LogP contribution in [0.3, 0.4) is 0 Å². The van der Waals surface area contributed by atoms with E-state index in [9.17, 15) is 43.2 Å². The van der Waals surface area contributed by atoms with Crippen LogP contribution in [0.15, 0.2) is 0 Å². The lowest BCUT2D eigenvalue weighted by Gasteiger charge is -2.21. The fraction of sp³-hybridized carbons (Fsp3) is 0.939. The summed E-state index contributed by atoms with van der Waals surface area (Å²) >= 11 is 0. The zero-order chi connectivity index (χ0) is 62.9. The van der Waals surface area contributed by atoms with Crippen LogP contribution in [0.25, 0.3) is 0 Å². The Hall–Kier alpha value is -1.94. The molecule has 3 N–H and O–H groups in total. The summed E-state index contributed by atoms with van der Waals surface area (Å²) in [7, 11) is -9.89. The molecule has 0 aromatic heterocycles. The highest BCUT2D eigenvalue weighted by Gasteiger charge is 2.30. The highest BCUT2D eigenvalue weighted by molar-refractivity contribution is 7.47. The van der Waals surface area contributed by atoms with E-state index in [4.69, 9.17) is 37.0 Å². The van der Waals surface area contributed by atoms with Gasteiger partial charge in [-0.15, -0.1) is 0 Å². The van der Waals surface area contributed by atoms with E-state index in [2.05, 4.69) is 41.5 Å². The Morgan fingerprint density at radius 3 is 0.894 bits per heavy atom. The molecule has 17 nitrogen and oxygen atoms in total. The van der Waals surface area contributed by atoms with Crippen LogP contribution < -0.4 is 0 Å². The molecule has 0 rings (SSSR count). The van der Waals surface area contributed by atoms with Gasteiger partial charge < -0.3 is 33.8 Å². The van der Waals surface area contributed by atoms with Crippen LogP contribution in [0.1, 0.15) is 330 Å². The number of phosphoric acid groups is 2. The summed E-state index contributed by atoms with van der Waals surface area (Å²) in [5, 5.41) is 10.5. The van der Waals surface area contributed by atoms with E-state index in [-0.39, 0.29) is 25.7 Å². The molecule has 0 spiro atoms. The van der Waals surface area contributed by atoms with Crippen molar-refractivity contribution in [1.29, 1.82) is 0 Å². The molecular weight excluding hydrogens is 1130 g/mol. The Morgan fingerprint density at radius 1 is 0.341 bits per heavy atom. The summed E-state index contributed by atoms with van der Waals surface area (Å²) in [6.07, 6.45) is 41.8.